The highest BCUT2D eigenvalue weighted by atomic mass is 16.7. The monoisotopic (exact) mass is 1220 g/mol. The van der Waals surface area contributed by atoms with Crippen molar-refractivity contribution in [1.29, 1.82) is 0 Å². The maximum atomic E-state index is 12.1. The third kappa shape index (κ3) is 28.6. The Hall–Kier alpha value is -4.07. The van der Waals surface area contributed by atoms with Crippen LogP contribution in [-0.2, 0) is 43.0 Å². The van der Waals surface area contributed by atoms with Gasteiger partial charge in [0.25, 0.3) is 0 Å². The molecule has 23 nitrogen and oxygen atoms in total. The minimum absolute atomic E-state index is 0.00421. The van der Waals surface area contributed by atoms with E-state index in [1.165, 1.54) is 0 Å². The highest BCUT2D eigenvalue weighted by Gasteiger charge is 2.37. The summed E-state index contributed by atoms with van der Waals surface area (Å²) in [7, 11) is 0. The van der Waals surface area contributed by atoms with Crippen molar-refractivity contribution in [3.8, 4) is 0 Å². The largest absolute Gasteiger partial charge is 0.370 e. The van der Waals surface area contributed by atoms with E-state index in [1.54, 1.807) is 4.90 Å². The second kappa shape index (κ2) is 37.8. The van der Waals surface area contributed by atoms with Crippen molar-refractivity contribution in [3.05, 3.63) is 0 Å². The molecule has 7 rings (SSSR count). The van der Waals surface area contributed by atoms with Crippen LogP contribution in [0.25, 0.3) is 0 Å². The van der Waals surface area contributed by atoms with Gasteiger partial charge in [0.15, 0.2) is 5.79 Å². The first-order valence-electron chi connectivity index (χ1n) is 32.5. The molecule has 7 amide bonds. The van der Waals surface area contributed by atoms with Crippen molar-refractivity contribution in [1.82, 2.24) is 60.5 Å². The Bertz CT molecular complexity index is 2070. The Kier molecular flexibility index (Phi) is 34.3. The summed E-state index contributed by atoms with van der Waals surface area (Å²) in [5.41, 5.74) is 10.5. The van der Waals surface area contributed by atoms with Gasteiger partial charge < -0.3 is 52.0 Å². The molecular formula is C63H124N14O9. The van der Waals surface area contributed by atoms with Crippen molar-refractivity contribution >= 4 is 41.4 Å². The molecule has 7 saturated heterocycles. The van der Waals surface area contributed by atoms with Gasteiger partial charge in [-0.2, -0.15) is 0 Å². The molecule has 0 bridgehead atoms. The van der Waals surface area contributed by atoms with Gasteiger partial charge >= 0.3 is 0 Å². The van der Waals surface area contributed by atoms with Crippen LogP contribution in [0.5, 0.6) is 0 Å². The summed E-state index contributed by atoms with van der Waals surface area (Å²) >= 11 is 0. The first kappa shape index (κ1) is 78.0. The lowest BCUT2D eigenvalue weighted by Gasteiger charge is -2.39. The van der Waals surface area contributed by atoms with Crippen LogP contribution in [0.1, 0.15) is 170 Å². The Morgan fingerprint density at radius 1 is 0.593 bits per heavy atom. The molecule has 86 heavy (non-hydrogen) atoms. The molecule has 0 aromatic carbocycles. The van der Waals surface area contributed by atoms with E-state index in [9.17, 15) is 33.6 Å². The van der Waals surface area contributed by atoms with Gasteiger partial charge in [0, 0.05) is 198 Å². The van der Waals surface area contributed by atoms with Crippen molar-refractivity contribution in [2.75, 3.05) is 124 Å². The maximum absolute atomic E-state index is 12.1. The summed E-state index contributed by atoms with van der Waals surface area (Å²) in [5, 5.41) is 11.5. The summed E-state index contributed by atoms with van der Waals surface area (Å²) in [6, 6.07) is 3.05. The van der Waals surface area contributed by atoms with Crippen LogP contribution < -0.4 is 32.7 Å². The molecule has 7 aliphatic rings. The Morgan fingerprint density at radius 3 is 1.62 bits per heavy atom. The number of primary amides is 1. The van der Waals surface area contributed by atoms with E-state index in [4.69, 9.17) is 20.9 Å². The van der Waals surface area contributed by atoms with Crippen molar-refractivity contribution in [2.45, 2.75) is 236 Å². The number of hydrogen-bond donors (Lipinski definition) is 6. The smallest absolute Gasteiger partial charge is 0.238 e. The van der Waals surface area contributed by atoms with Gasteiger partial charge in [-0.05, 0) is 131 Å². The Balaban J connectivity index is 0.000000355. The summed E-state index contributed by atoms with van der Waals surface area (Å²) < 4.78 is 11.3. The van der Waals surface area contributed by atoms with E-state index < -0.39 is 5.79 Å². The fraction of sp³-hybridized carbons (Fsp3) is 0.889. The molecule has 0 aromatic heterocycles. The van der Waals surface area contributed by atoms with E-state index in [0.29, 0.717) is 107 Å². The van der Waals surface area contributed by atoms with E-state index in [2.05, 4.69) is 155 Å². The first-order valence-corrected chi connectivity index (χ1v) is 32.5. The number of carbonyl (C=O) groups excluding carboxylic acids is 7. The summed E-state index contributed by atoms with van der Waals surface area (Å²) in [6.45, 7) is 55.2. The van der Waals surface area contributed by atoms with E-state index >= 15 is 0 Å². The second-order valence-corrected chi connectivity index (χ2v) is 27.4. The van der Waals surface area contributed by atoms with Gasteiger partial charge in [-0.25, -0.2) is 0 Å². The molecule has 7 fully saturated rings. The van der Waals surface area contributed by atoms with E-state index in [0.717, 1.165) is 91.5 Å². The van der Waals surface area contributed by atoms with Crippen LogP contribution >= 0.6 is 0 Å². The zero-order chi connectivity index (χ0) is 65.3. The zero-order valence-corrected chi connectivity index (χ0v) is 57.3. The predicted octanol–water partition coefficient (Wildman–Crippen LogP) is 2.88. The van der Waals surface area contributed by atoms with Crippen LogP contribution in [0.4, 0.5) is 0 Å². The fourth-order valence-electron chi connectivity index (χ4n) is 11.7. The fourth-order valence-corrected chi connectivity index (χ4v) is 11.7. The average Bonchev–Trinajstić information content (AvgIpc) is 3.68. The molecule has 23 heteroatoms. The van der Waals surface area contributed by atoms with E-state index in [-0.39, 0.29) is 70.9 Å². The van der Waals surface area contributed by atoms with Gasteiger partial charge in [-0.1, -0.05) is 6.92 Å². The molecular weight excluding hydrogens is 1100 g/mol. The normalized spacial score (nSPS) is 24.9. The van der Waals surface area contributed by atoms with Gasteiger partial charge in [0.05, 0.1) is 18.1 Å². The molecule has 7 heterocycles. The van der Waals surface area contributed by atoms with Crippen molar-refractivity contribution in [2.24, 2.45) is 16.9 Å². The van der Waals surface area contributed by atoms with Gasteiger partial charge in [0.2, 0.25) is 41.4 Å². The summed E-state index contributed by atoms with van der Waals surface area (Å²) in [6.07, 6.45) is 3.73. The Morgan fingerprint density at radius 2 is 1.10 bits per heavy atom. The van der Waals surface area contributed by atoms with Crippen molar-refractivity contribution < 1.29 is 43.0 Å². The first-order chi connectivity index (χ1) is 40.0. The number of nitrogens with one attached hydrogen (secondary N) is 4. The molecule has 3 atom stereocenters. The molecule has 0 radical (unpaired) electrons. The number of amides is 7. The molecule has 500 valence electrons. The number of nitrogens with two attached hydrogens (primary N) is 2. The minimum Gasteiger partial charge on any atom is -0.370 e. The number of ether oxygens (including phenoxy) is 2. The summed E-state index contributed by atoms with van der Waals surface area (Å²) in [4.78, 5) is 97.5. The average molecular weight is 1220 g/mol. The SMILES string of the molecule is CC(C)N1CCC(=O)N(CC2COC(C)(C)O2)CC1.CC(C)N1CCC(=O)N(CCC(N)=O)CC1.CC(C)N1CCNC(=O)C(C)(C)C1.CC(C)N1CCNC(=O)C(N)C1.CC(C)N1CCNC(=O)CC1(C)C.CCC1CC(=O)NCCN1C(C)C. The number of hydrogen-bond acceptors (Lipinski definition) is 16. The minimum atomic E-state index is -0.510. The predicted molar refractivity (Wildman–Crippen MR) is 343 cm³/mol. The van der Waals surface area contributed by atoms with Crippen LogP contribution in [-0.4, -0.2) is 271 Å². The van der Waals surface area contributed by atoms with Crippen LogP contribution in [0.15, 0.2) is 0 Å². The van der Waals surface area contributed by atoms with Crippen molar-refractivity contribution in [3.63, 3.8) is 0 Å². The third-order valence-electron chi connectivity index (χ3n) is 17.0. The third-order valence-corrected chi connectivity index (χ3v) is 17.0. The molecule has 3 unspecified atom stereocenters. The van der Waals surface area contributed by atoms with Crippen LogP contribution in [0.2, 0.25) is 0 Å². The lowest BCUT2D eigenvalue weighted by Crippen LogP contribution is -2.48. The lowest BCUT2D eigenvalue weighted by atomic mass is 9.92. The lowest BCUT2D eigenvalue weighted by molar-refractivity contribution is -0.145. The van der Waals surface area contributed by atoms with E-state index in [1.807, 2.05) is 32.6 Å². The maximum Gasteiger partial charge on any atom is 0.238 e. The highest BCUT2D eigenvalue weighted by molar-refractivity contribution is 5.83. The number of rotatable bonds is 12. The number of carbonyl (C=O) groups is 7. The molecule has 7 aliphatic heterocycles. The van der Waals surface area contributed by atoms with Gasteiger partial charge in [-0.15, -0.1) is 0 Å². The molecule has 0 aromatic rings. The molecule has 0 aliphatic carbocycles. The standard InChI is InChI=1S/C14H26N2O3.C11H21N3O2.3C10H20N2O.C8H17N3O/c1-11(2)15-6-5-13(17)16(8-7-15)9-12-10-18-14(3,4)19-12;1-9(2)13-6-4-11(16)14(8-7-13)5-3-10(12)15;1-8(2)12-6-5-11-9(13)10(3,4)7-12;1-8(2)12-6-5-11-9(13)7-10(12,3)4;1-4-9-7-10(13)11-5-6-12(9)8(2)3;1-6(2)11-4-3-10-8(12)7(9)5-11/h11-12H,5-10H2,1-4H3;9H,3-8H2,1-2H3,(H2,12,15);2*8H,5-7H2,1-4H3,(H,11,13);8-9H,4-7H2,1-3H3,(H,11,13);6-7H,3-5,9H2,1-2H3,(H,10,12). The van der Waals surface area contributed by atoms with Gasteiger partial charge in [-0.3, -0.25) is 63.0 Å². The zero-order valence-electron chi connectivity index (χ0n) is 57.3. The van der Waals surface area contributed by atoms with Crippen LogP contribution in [0, 0.1) is 5.41 Å². The number of nitrogens with zero attached hydrogens (tertiary/aromatic N) is 8. The highest BCUT2D eigenvalue weighted by Crippen LogP contribution is 2.25. The quantitative estimate of drug-likeness (QED) is 0.164. The molecule has 0 spiro atoms. The summed E-state index contributed by atoms with van der Waals surface area (Å²) in [5.74, 6) is 0.0272. The molecule has 0 saturated carbocycles. The van der Waals surface area contributed by atoms with Gasteiger partial charge in [0.1, 0.15) is 6.10 Å². The van der Waals surface area contributed by atoms with Crippen LogP contribution in [0.3, 0.4) is 0 Å². The molecule has 8 N–H and O–H groups in total. The second-order valence-electron chi connectivity index (χ2n) is 27.4. The topological polar surface area (TPSA) is 264 Å². The Labute approximate surface area is 520 Å².